The second-order valence-electron chi connectivity index (χ2n) is 5.07. The van der Waals surface area contributed by atoms with Gasteiger partial charge in [-0.3, -0.25) is 19.7 Å². The fourth-order valence-corrected chi connectivity index (χ4v) is 2.53. The molecule has 3 N–H and O–H groups in total. The Balaban J connectivity index is 2.20. The summed E-state index contributed by atoms with van der Waals surface area (Å²) in [6.07, 6.45) is 3.10. The van der Waals surface area contributed by atoms with Crippen LogP contribution in [0.3, 0.4) is 0 Å². The van der Waals surface area contributed by atoms with Crippen LogP contribution in [0.15, 0.2) is 32.4 Å². The number of anilines is 1. The summed E-state index contributed by atoms with van der Waals surface area (Å²) in [5.41, 5.74) is -0.801. The molecule has 0 unspecified atom stereocenters. The van der Waals surface area contributed by atoms with E-state index in [-0.39, 0.29) is 11.4 Å². The summed E-state index contributed by atoms with van der Waals surface area (Å²) in [5, 5.41) is 5.20. The number of aromatic amines is 1. The number of aromatic nitrogens is 2. The average Bonchev–Trinajstić information content (AvgIpc) is 3.00. The fourth-order valence-electron chi connectivity index (χ4n) is 2.53. The van der Waals surface area contributed by atoms with Gasteiger partial charge in [0.25, 0.3) is 5.56 Å². The number of nitrogens with one attached hydrogen (secondary N) is 3. The maximum atomic E-state index is 12.2. The molecule has 22 heavy (non-hydrogen) atoms. The summed E-state index contributed by atoms with van der Waals surface area (Å²) >= 11 is 0. The topological polar surface area (TPSA) is 109 Å². The number of fused-ring (bicyclic) bond motifs is 1. The number of carbonyl (C=O) groups excluding carboxylic acids is 1. The fraction of sp³-hybridized carbons (Fsp3) is 0.357. The zero-order valence-corrected chi connectivity index (χ0v) is 12.0. The third-order valence-electron chi connectivity index (χ3n) is 3.59. The Morgan fingerprint density at radius 2 is 2.14 bits per heavy atom. The first-order valence-corrected chi connectivity index (χ1v) is 7.09. The molecule has 8 nitrogen and oxygen atoms in total. The largest absolute Gasteiger partial charge is 0.467 e. The summed E-state index contributed by atoms with van der Waals surface area (Å²) in [4.78, 5) is 38.4. The third kappa shape index (κ3) is 2.32. The van der Waals surface area contributed by atoms with E-state index in [0.717, 1.165) is 12.8 Å². The van der Waals surface area contributed by atoms with Crippen LogP contribution in [0.5, 0.6) is 0 Å². The van der Waals surface area contributed by atoms with Gasteiger partial charge in [0, 0.05) is 6.54 Å². The Bertz CT molecular complexity index is 803. The molecule has 0 saturated carbocycles. The molecule has 0 aliphatic carbocycles. The van der Waals surface area contributed by atoms with Crippen LogP contribution in [-0.2, 0) is 6.54 Å². The number of urea groups is 1. The van der Waals surface area contributed by atoms with Gasteiger partial charge in [0.2, 0.25) is 0 Å². The number of amides is 2. The average molecular weight is 304 g/mol. The van der Waals surface area contributed by atoms with Crippen LogP contribution in [0.2, 0.25) is 0 Å². The standard InChI is InChI=1S/C14H16N4O4/c1-2-3-6-18-11-9(12(19)17-14(18)21)10(15-13(20)16-11)8-5-4-7-22-8/h4-5,7,10H,2-3,6H2,1H3,(H2,15,16,20)(H,17,19,21)/t10-/m1/s1. The van der Waals surface area contributed by atoms with Crippen molar-refractivity contribution in [2.24, 2.45) is 0 Å². The number of nitrogens with zero attached hydrogens (tertiary/aromatic N) is 1. The number of hydrogen-bond acceptors (Lipinski definition) is 4. The zero-order valence-electron chi connectivity index (χ0n) is 12.0. The summed E-state index contributed by atoms with van der Waals surface area (Å²) in [6.45, 7) is 2.41. The highest BCUT2D eigenvalue weighted by Gasteiger charge is 2.32. The Labute approximate surface area is 125 Å². The van der Waals surface area contributed by atoms with E-state index in [1.807, 2.05) is 6.92 Å². The first-order valence-electron chi connectivity index (χ1n) is 7.09. The smallest absolute Gasteiger partial charge is 0.329 e. The van der Waals surface area contributed by atoms with Crippen molar-refractivity contribution in [2.45, 2.75) is 32.4 Å². The lowest BCUT2D eigenvalue weighted by atomic mass is 10.0. The molecule has 116 valence electrons. The van der Waals surface area contributed by atoms with Crippen molar-refractivity contribution in [2.75, 3.05) is 5.32 Å². The second kappa shape index (κ2) is 5.55. The Hall–Kier alpha value is -2.77. The maximum Gasteiger partial charge on any atom is 0.329 e. The minimum atomic E-state index is -0.726. The molecule has 0 spiro atoms. The normalized spacial score (nSPS) is 16.8. The Kier molecular flexibility index (Phi) is 3.58. The predicted molar refractivity (Wildman–Crippen MR) is 78.9 cm³/mol. The first kappa shape index (κ1) is 14.2. The van der Waals surface area contributed by atoms with E-state index in [4.69, 9.17) is 4.42 Å². The number of rotatable bonds is 4. The van der Waals surface area contributed by atoms with Crippen LogP contribution in [0, 0.1) is 0 Å². The van der Waals surface area contributed by atoms with E-state index in [9.17, 15) is 14.4 Å². The molecule has 0 fully saturated rings. The van der Waals surface area contributed by atoms with E-state index in [1.165, 1.54) is 10.8 Å². The van der Waals surface area contributed by atoms with Gasteiger partial charge in [-0.25, -0.2) is 9.59 Å². The number of H-pyrrole nitrogens is 1. The predicted octanol–water partition coefficient (Wildman–Crippen LogP) is 1.15. The van der Waals surface area contributed by atoms with Gasteiger partial charge in [0.1, 0.15) is 17.6 Å². The van der Waals surface area contributed by atoms with Gasteiger partial charge in [0.15, 0.2) is 0 Å². The molecule has 2 aromatic heterocycles. The van der Waals surface area contributed by atoms with E-state index in [1.54, 1.807) is 12.1 Å². The zero-order chi connectivity index (χ0) is 15.7. The molecule has 1 aliphatic rings. The number of carbonyl (C=O) groups is 1. The SMILES string of the molecule is CCCCn1c2c(c(=O)[nH]c1=O)[C@@H](c1ccco1)NC(=O)N2. The molecule has 0 saturated heterocycles. The molecule has 3 rings (SSSR count). The summed E-state index contributed by atoms with van der Waals surface area (Å²) in [5.74, 6) is 0.662. The van der Waals surface area contributed by atoms with Crippen molar-refractivity contribution in [3.63, 3.8) is 0 Å². The summed E-state index contributed by atoms with van der Waals surface area (Å²) in [6, 6.07) is 2.13. The Morgan fingerprint density at radius 3 is 2.82 bits per heavy atom. The lowest BCUT2D eigenvalue weighted by Crippen LogP contribution is -2.46. The quantitative estimate of drug-likeness (QED) is 0.787. The van der Waals surface area contributed by atoms with Crippen molar-refractivity contribution in [1.82, 2.24) is 14.9 Å². The minimum absolute atomic E-state index is 0.229. The van der Waals surface area contributed by atoms with Gasteiger partial charge in [-0.15, -0.1) is 0 Å². The molecule has 0 aromatic carbocycles. The van der Waals surface area contributed by atoms with Crippen molar-refractivity contribution < 1.29 is 9.21 Å². The number of unbranched alkanes of at least 4 members (excludes halogenated alkanes) is 1. The highest BCUT2D eigenvalue weighted by atomic mass is 16.3. The van der Waals surface area contributed by atoms with Crippen LogP contribution in [0.25, 0.3) is 0 Å². The molecular weight excluding hydrogens is 288 g/mol. The highest BCUT2D eigenvalue weighted by Crippen LogP contribution is 2.28. The first-order chi connectivity index (χ1) is 10.6. The van der Waals surface area contributed by atoms with Gasteiger partial charge in [-0.2, -0.15) is 0 Å². The molecule has 1 atom stereocenters. The maximum absolute atomic E-state index is 12.2. The number of hydrogen-bond donors (Lipinski definition) is 3. The Morgan fingerprint density at radius 1 is 1.32 bits per heavy atom. The molecule has 0 radical (unpaired) electrons. The van der Waals surface area contributed by atoms with Crippen LogP contribution in [-0.4, -0.2) is 15.6 Å². The monoisotopic (exact) mass is 304 g/mol. The van der Waals surface area contributed by atoms with E-state index in [2.05, 4.69) is 15.6 Å². The molecule has 0 bridgehead atoms. The van der Waals surface area contributed by atoms with E-state index < -0.39 is 23.3 Å². The molecule has 8 heteroatoms. The highest BCUT2D eigenvalue weighted by molar-refractivity contribution is 5.92. The minimum Gasteiger partial charge on any atom is -0.467 e. The molecule has 3 heterocycles. The third-order valence-corrected chi connectivity index (χ3v) is 3.59. The number of furan rings is 1. The van der Waals surface area contributed by atoms with Crippen molar-refractivity contribution in [3.8, 4) is 0 Å². The summed E-state index contributed by atoms with van der Waals surface area (Å²) < 4.78 is 6.69. The van der Waals surface area contributed by atoms with Gasteiger partial charge >= 0.3 is 11.7 Å². The van der Waals surface area contributed by atoms with E-state index in [0.29, 0.717) is 12.3 Å². The van der Waals surface area contributed by atoms with Gasteiger partial charge in [-0.1, -0.05) is 13.3 Å². The van der Waals surface area contributed by atoms with Crippen LogP contribution < -0.4 is 21.9 Å². The molecule has 2 amide bonds. The van der Waals surface area contributed by atoms with Crippen LogP contribution >= 0.6 is 0 Å². The lowest BCUT2D eigenvalue weighted by molar-refractivity contribution is 0.246. The molecule has 2 aromatic rings. The van der Waals surface area contributed by atoms with Gasteiger partial charge < -0.3 is 9.73 Å². The van der Waals surface area contributed by atoms with Crippen LogP contribution in [0.4, 0.5) is 10.6 Å². The van der Waals surface area contributed by atoms with Gasteiger partial charge in [-0.05, 0) is 18.6 Å². The molecular formula is C14H16N4O4. The van der Waals surface area contributed by atoms with Crippen LogP contribution in [0.1, 0.15) is 37.1 Å². The van der Waals surface area contributed by atoms with Crippen molar-refractivity contribution in [3.05, 3.63) is 50.6 Å². The van der Waals surface area contributed by atoms with Crippen molar-refractivity contribution in [1.29, 1.82) is 0 Å². The molecule has 1 aliphatic heterocycles. The van der Waals surface area contributed by atoms with E-state index >= 15 is 0 Å². The second-order valence-corrected chi connectivity index (χ2v) is 5.07. The van der Waals surface area contributed by atoms with Crippen molar-refractivity contribution >= 4 is 11.8 Å². The van der Waals surface area contributed by atoms with Gasteiger partial charge in [0.05, 0.1) is 11.8 Å². The summed E-state index contributed by atoms with van der Waals surface area (Å²) in [7, 11) is 0. The lowest BCUT2D eigenvalue weighted by Gasteiger charge is -2.27.